The minimum atomic E-state index is 0. The lowest BCUT2D eigenvalue weighted by Gasteiger charge is -2.30. The quantitative estimate of drug-likeness (QED) is 0.0390. The molecule has 0 heterocycles. The predicted molar refractivity (Wildman–Crippen MR) is 368 cm³/mol. The highest BCUT2D eigenvalue weighted by atomic mass is 15.3. The second kappa shape index (κ2) is 57.0. The highest BCUT2D eigenvalue weighted by Gasteiger charge is 2.18. The molecule has 3 aromatic carbocycles. The Balaban J connectivity index is 0. The van der Waals surface area contributed by atoms with Crippen molar-refractivity contribution in [3.8, 4) is 0 Å². The largest absolute Gasteiger partial charge is 0.328 e. The van der Waals surface area contributed by atoms with E-state index in [9.17, 15) is 0 Å². The molecule has 0 fully saturated rings. The number of nitrogens with zero attached hydrogens (tertiary/aromatic N) is 3. The molecule has 0 saturated carbocycles. The standard InChI is InChI=1S/C26H48N.C25H46N.C24H44N.2CH4/c1-4-5-6-7-8-9-10-11-12-13-14-15-16-20-24-27(2,3)25-23-26-21-18-17-19-22-26;1-4-5-6-7-8-9-10-11-12-13-14-15-16-20-23-26(2,3)24-25-21-18-17-19-22-25;1-4-5-6-7-8-9-10-11-12-13-14-15-16-20-23-25(2,3)24-21-18-17-19-22-24;;/h17-19,21-22H,4-16,20,23-25H2,1-3H3;17-19,21-22H,4-16,20,23-24H2,1-3H3;17-19,21-22H,4-16,20,23H2,1-3H3;2*1H4/q3*+1;;. The Labute approximate surface area is 505 Å². The number of quaternary nitrogens is 3. The zero-order valence-electron chi connectivity index (χ0n) is 54.4. The molecular weight excluding hydrogens is 967 g/mol. The first-order valence-electron chi connectivity index (χ1n) is 34.5. The number of benzene rings is 3. The Morgan fingerprint density at radius 2 is 0.475 bits per heavy atom. The molecule has 0 unspecified atom stereocenters. The molecule has 0 aliphatic rings. The maximum atomic E-state index is 2.39. The van der Waals surface area contributed by atoms with Crippen molar-refractivity contribution >= 4 is 5.69 Å². The summed E-state index contributed by atoms with van der Waals surface area (Å²) < 4.78 is 3.29. The van der Waals surface area contributed by atoms with E-state index in [4.69, 9.17) is 0 Å². The van der Waals surface area contributed by atoms with E-state index >= 15 is 0 Å². The Morgan fingerprint density at radius 1 is 0.237 bits per heavy atom. The third kappa shape index (κ3) is 52.4. The topological polar surface area (TPSA) is 0 Å². The lowest BCUT2D eigenvalue weighted by Crippen LogP contribution is -2.42. The van der Waals surface area contributed by atoms with Crippen LogP contribution in [0.4, 0.5) is 5.69 Å². The predicted octanol–water partition coefficient (Wildman–Crippen LogP) is 24.5. The van der Waals surface area contributed by atoms with Gasteiger partial charge >= 0.3 is 0 Å². The molecule has 0 amide bonds. The van der Waals surface area contributed by atoms with Gasteiger partial charge in [-0.25, -0.2) is 0 Å². The van der Waals surface area contributed by atoms with Crippen LogP contribution in [0.5, 0.6) is 0 Å². The maximum Gasteiger partial charge on any atom is 0.132 e. The zero-order chi connectivity index (χ0) is 56.8. The maximum absolute atomic E-state index is 2.39. The van der Waals surface area contributed by atoms with Gasteiger partial charge in [-0.2, -0.15) is 0 Å². The number of hydrogen-bond acceptors (Lipinski definition) is 0. The summed E-state index contributed by atoms with van der Waals surface area (Å²) in [6, 6.07) is 32.8. The fourth-order valence-electron chi connectivity index (χ4n) is 11.5. The second-order valence-corrected chi connectivity index (χ2v) is 26.5. The van der Waals surface area contributed by atoms with Crippen molar-refractivity contribution in [2.24, 2.45) is 0 Å². The SMILES string of the molecule is C.C.CCCCCCCCCCCCCCCC[N+](C)(C)CCc1ccccc1.CCCCCCCCCCCCCCCC[N+](C)(C)Cc1ccccc1.CCCCCCCCCCCCCCCC[N+](C)(C)c1ccccc1. The van der Waals surface area contributed by atoms with Gasteiger partial charge in [-0.05, 0) is 56.2 Å². The van der Waals surface area contributed by atoms with E-state index in [1.807, 2.05) is 0 Å². The highest BCUT2D eigenvalue weighted by molar-refractivity contribution is 5.40. The number of rotatable bonds is 51. The van der Waals surface area contributed by atoms with E-state index in [-0.39, 0.29) is 14.9 Å². The Hall–Kier alpha value is -2.46. The summed E-state index contributed by atoms with van der Waals surface area (Å²) in [5.41, 5.74) is 4.37. The van der Waals surface area contributed by atoms with Crippen LogP contribution in [-0.4, -0.2) is 77.4 Å². The molecule has 0 N–H and O–H groups in total. The lowest BCUT2D eigenvalue weighted by atomic mass is 10.0. The Morgan fingerprint density at radius 3 is 0.775 bits per heavy atom. The van der Waals surface area contributed by atoms with Crippen molar-refractivity contribution in [2.75, 3.05) is 68.5 Å². The molecule has 0 aromatic heterocycles. The first kappa shape index (κ1) is 79.6. The van der Waals surface area contributed by atoms with Gasteiger partial charge in [0.15, 0.2) is 0 Å². The first-order chi connectivity index (χ1) is 37.9. The minimum Gasteiger partial charge on any atom is -0.328 e. The number of para-hydroxylation sites is 1. The summed E-state index contributed by atoms with van der Waals surface area (Å²) >= 11 is 0. The molecule has 0 bridgehead atoms. The average molecular weight is 1110 g/mol. The summed E-state index contributed by atoms with van der Waals surface area (Å²) in [5.74, 6) is 0. The third-order valence-electron chi connectivity index (χ3n) is 17.1. The van der Waals surface area contributed by atoms with Crippen molar-refractivity contribution < 1.29 is 8.97 Å². The normalized spacial score (nSPS) is 11.5. The van der Waals surface area contributed by atoms with Crippen molar-refractivity contribution in [1.29, 1.82) is 0 Å². The van der Waals surface area contributed by atoms with Crippen LogP contribution < -0.4 is 4.48 Å². The lowest BCUT2D eigenvalue weighted by molar-refractivity contribution is -0.903. The van der Waals surface area contributed by atoms with Gasteiger partial charge in [-0.1, -0.05) is 346 Å². The van der Waals surface area contributed by atoms with Gasteiger partial charge < -0.3 is 8.97 Å². The van der Waals surface area contributed by atoms with E-state index in [1.54, 1.807) is 0 Å². The van der Waals surface area contributed by atoms with E-state index in [0.717, 1.165) is 20.0 Å². The Bertz CT molecular complexity index is 1620. The van der Waals surface area contributed by atoms with Gasteiger partial charge in [0.1, 0.15) is 12.2 Å². The van der Waals surface area contributed by atoms with Gasteiger partial charge in [0.25, 0.3) is 0 Å². The van der Waals surface area contributed by atoms with E-state index in [0.29, 0.717) is 0 Å². The number of likely N-dealkylation sites (N-methyl/N-ethyl adjacent to an activating group) is 1. The van der Waals surface area contributed by atoms with E-state index in [1.165, 1.54) is 319 Å². The molecule has 3 heteroatoms. The van der Waals surface area contributed by atoms with Crippen molar-refractivity contribution in [2.45, 2.75) is 318 Å². The van der Waals surface area contributed by atoms with Crippen LogP contribution in [-0.2, 0) is 13.0 Å². The van der Waals surface area contributed by atoms with Crippen LogP contribution in [0.2, 0.25) is 0 Å². The molecule has 0 aliphatic carbocycles. The first-order valence-corrected chi connectivity index (χ1v) is 34.5. The minimum absolute atomic E-state index is 0. The number of hydrogen-bond donors (Lipinski definition) is 0. The molecule has 3 nitrogen and oxygen atoms in total. The molecule has 0 aliphatic heterocycles. The van der Waals surface area contributed by atoms with Crippen LogP contribution in [0.1, 0.15) is 316 Å². The molecule has 0 spiro atoms. The molecule has 0 saturated heterocycles. The van der Waals surface area contributed by atoms with E-state index in [2.05, 4.69) is 154 Å². The summed E-state index contributed by atoms with van der Waals surface area (Å²) in [4.78, 5) is 0. The zero-order valence-corrected chi connectivity index (χ0v) is 54.4. The fraction of sp³-hybridized carbons (Fsp3) is 0.766. The average Bonchev–Trinajstić information content (AvgIpc) is 3.44. The summed E-state index contributed by atoms with van der Waals surface area (Å²) in [6.45, 7) is 13.2. The highest BCUT2D eigenvalue weighted by Crippen LogP contribution is 2.21. The van der Waals surface area contributed by atoms with Gasteiger partial charge in [0.05, 0.1) is 68.5 Å². The fourth-order valence-corrected chi connectivity index (χ4v) is 11.5. The van der Waals surface area contributed by atoms with Crippen molar-refractivity contribution in [1.82, 2.24) is 4.48 Å². The molecule has 466 valence electrons. The van der Waals surface area contributed by atoms with Crippen molar-refractivity contribution in [3.05, 3.63) is 102 Å². The van der Waals surface area contributed by atoms with Crippen molar-refractivity contribution in [3.63, 3.8) is 0 Å². The van der Waals surface area contributed by atoms with Crippen LogP contribution in [0.25, 0.3) is 0 Å². The molecule has 0 atom stereocenters. The van der Waals surface area contributed by atoms with Gasteiger partial charge in [0, 0.05) is 12.0 Å². The Kier molecular flexibility index (Phi) is 56.7. The van der Waals surface area contributed by atoms with Gasteiger partial charge in [-0.15, -0.1) is 0 Å². The number of unbranched alkanes of at least 4 members (excludes halogenated alkanes) is 39. The summed E-state index contributed by atoms with van der Waals surface area (Å²) in [5, 5.41) is 0. The monoisotopic (exact) mass is 1110 g/mol. The molecular formula is C77H146N3+3. The smallest absolute Gasteiger partial charge is 0.132 e. The summed E-state index contributed by atoms with van der Waals surface area (Å²) in [7, 11) is 14.2. The van der Waals surface area contributed by atoms with Crippen LogP contribution >= 0.6 is 0 Å². The van der Waals surface area contributed by atoms with E-state index < -0.39 is 0 Å². The molecule has 3 aromatic rings. The van der Waals surface area contributed by atoms with Crippen LogP contribution in [0.15, 0.2) is 91.0 Å². The second-order valence-electron chi connectivity index (χ2n) is 26.5. The molecule has 0 radical (unpaired) electrons. The summed E-state index contributed by atoms with van der Waals surface area (Å²) in [6.07, 6.45) is 61.7. The van der Waals surface area contributed by atoms with Crippen LogP contribution in [0.3, 0.4) is 0 Å². The van der Waals surface area contributed by atoms with Gasteiger partial charge in [0.2, 0.25) is 0 Å². The van der Waals surface area contributed by atoms with Crippen LogP contribution in [0, 0.1) is 0 Å². The third-order valence-corrected chi connectivity index (χ3v) is 17.1. The van der Waals surface area contributed by atoms with Gasteiger partial charge in [-0.3, -0.25) is 4.48 Å². The molecule has 3 rings (SSSR count). The molecule has 80 heavy (non-hydrogen) atoms.